The van der Waals surface area contributed by atoms with E-state index in [4.69, 9.17) is 5.21 Å². The predicted molar refractivity (Wildman–Crippen MR) is 47.3 cm³/mol. The molecular formula is C5H8N2O2S2. The lowest BCUT2D eigenvalue weighted by Gasteiger charge is -2.05. The molecule has 62 valence electrons. The zero-order valence-corrected chi connectivity index (χ0v) is 7.61. The van der Waals surface area contributed by atoms with Crippen molar-refractivity contribution in [2.45, 2.75) is 0 Å². The van der Waals surface area contributed by atoms with Gasteiger partial charge in [0.05, 0.1) is 6.54 Å². The SMILES string of the molecule is CN(O)C(=O)SC1=NCCS1. The number of carbonyl (C=O) groups is 1. The van der Waals surface area contributed by atoms with Crippen LogP contribution in [-0.4, -0.2) is 39.2 Å². The lowest BCUT2D eigenvalue weighted by molar-refractivity contribution is -0.00540. The first-order valence-electron chi connectivity index (χ1n) is 3.02. The van der Waals surface area contributed by atoms with Crippen molar-refractivity contribution >= 4 is 33.1 Å². The van der Waals surface area contributed by atoms with Gasteiger partial charge in [-0.1, -0.05) is 11.8 Å². The number of thioether (sulfide) groups is 2. The summed E-state index contributed by atoms with van der Waals surface area (Å²) in [5.41, 5.74) is 0. The van der Waals surface area contributed by atoms with Gasteiger partial charge in [-0.2, -0.15) is 0 Å². The normalized spacial score (nSPS) is 16.4. The summed E-state index contributed by atoms with van der Waals surface area (Å²) in [5, 5.41) is 8.85. The average Bonchev–Trinajstić information content (AvgIpc) is 2.39. The highest BCUT2D eigenvalue weighted by Crippen LogP contribution is 2.23. The van der Waals surface area contributed by atoms with Crippen LogP contribution in [0.25, 0.3) is 0 Å². The molecule has 6 heteroatoms. The molecule has 1 aliphatic rings. The molecule has 0 fully saturated rings. The second kappa shape index (κ2) is 3.99. The van der Waals surface area contributed by atoms with Crippen LogP contribution in [-0.2, 0) is 0 Å². The molecule has 0 aromatic rings. The molecule has 1 amide bonds. The zero-order valence-electron chi connectivity index (χ0n) is 5.98. The van der Waals surface area contributed by atoms with Gasteiger partial charge < -0.3 is 0 Å². The fraction of sp³-hybridized carbons (Fsp3) is 0.600. The van der Waals surface area contributed by atoms with Crippen LogP contribution in [0.4, 0.5) is 4.79 Å². The van der Waals surface area contributed by atoms with Crippen molar-refractivity contribution in [3.8, 4) is 0 Å². The Balaban J connectivity index is 2.35. The molecule has 0 saturated heterocycles. The van der Waals surface area contributed by atoms with Crippen LogP contribution in [0.2, 0.25) is 0 Å². The van der Waals surface area contributed by atoms with Crippen molar-refractivity contribution in [3.05, 3.63) is 0 Å². The molecule has 1 N–H and O–H groups in total. The van der Waals surface area contributed by atoms with Gasteiger partial charge in [0.15, 0.2) is 0 Å². The minimum Gasteiger partial charge on any atom is -0.285 e. The molecule has 0 bridgehead atoms. The summed E-state index contributed by atoms with van der Waals surface area (Å²) in [6.07, 6.45) is 0. The number of amides is 1. The van der Waals surface area contributed by atoms with E-state index in [2.05, 4.69) is 4.99 Å². The molecule has 1 aliphatic heterocycles. The van der Waals surface area contributed by atoms with Gasteiger partial charge in [-0.3, -0.25) is 15.0 Å². The fourth-order valence-corrected chi connectivity index (χ4v) is 2.19. The average molecular weight is 192 g/mol. The van der Waals surface area contributed by atoms with Gasteiger partial charge in [0.1, 0.15) is 4.38 Å². The largest absolute Gasteiger partial charge is 0.311 e. The highest BCUT2D eigenvalue weighted by molar-refractivity contribution is 8.45. The molecule has 0 radical (unpaired) electrons. The number of aliphatic imine (C=N–C) groups is 1. The van der Waals surface area contributed by atoms with Crippen molar-refractivity contribution in [2.75, 3.05) is 19.3 Å². The maximum atomic E-state index is 10.8. The maximum absolute atomic E-state index is 10.8. The predicted octanol–water partition coefficient (Wildman–Crippen LogP) is 1.26. The Hall–Kier alpha value is -0.200. The summed E-state index contributed by atoms with van der Waals surface area (Å²) < 4.78 is 0.746. The third kappa shape index (κ3) is 2.72. The molecule has 1 heterocycles. The molecule has 0 unspecified atom stereocenters. The molecule has 0 aromatic heterocycles. The number of hydroxylamine groups is 2. The monoisotopic (exact) mass is 192 g/mol. The van der Waals surface area contributed by atoms with E-state index in [0.29, 0.717) is 5.06 Å². The highest BCUT2D eigenvalue weighted by atomic mass is 32.2. The van der Waals surface area contributed by atoms with Gasteiger partial charge in [-0.05, 0) is 0 Å². The van der Waals surface area contributed by atoms with Crippen LogP contribution >= 0.6 is 23.5 Å². The van der Waals surface area contributed by atoms with E-state index in [-0.39, 0.29) is 0 Å². The van der Waals surface area contributed by atoms with Gasteiger partial charge in [-0.25, -0.2) is 5.06 Å². The van der Waals surface area contributed by atoms with E-state index in [9.17, 15) is 4.79 Å². The number of hydrogen-bond acceptors (Lipinski definition) is 5. The molecule has 0 atom stereocenters. The molecule has 11 heavy (non-hydrogen) atoms. The standard InChI is InChI=1S/C5H8N2O2S2/c1-7(9)5(8)11-4-6-2-3-10-4/h9H,2-3H2,1H3. The van der Waals surface area contributed by atoms with Crippen molar-refractivity contribution in [2.24, 2.45) is 4.99 Å². The van der Waals surface area contributed by atoms with Crippen LogP contribution < -0.4 is 0 Å². The van der Waals surface area contributed by atoms with Crippen molar-refractivity contribution in [1.82, 2.24) is 5.06 Å². The second-order valence-corrected chi connectivity index (χ2v) is 4.17. The van der Waals surface area contributed by atoms with E-state index in [1.54, 1.807) is 11.8 Å². The summed E-state index contributed by atoms with van der Waals surface area (Å²) in [4.78, 5) is 14.9. The molecule has 0 aliphatic carbocycles. The summed E-state index contributed by atoms with van der Waals surface area (Å²) in [6.45, 7) is 0.773. The minimum absolute atomic E-state index is 0.391. The lowest BCUT2D eigenvalue weighted by Crippen LogP contribution is -2.18. The molecule has 4 nitrogen and oxygen atoms in total. The quantitative estimate of drug-likeness (QED) is 0.464. The van der Waals surface area contributed by atoms with Crippen LogP contribution in [0, 0.1) is 0 Å². The first kappa shape index (κ1) is 8.89. The zero-order chi connectivity index (χ0) is 8.27. The van der Waals surface area contributed by atoms with Crippen molar-refractivity contribution in [1.29, 1.82) is 0 Å². The van der Waals surface area contributed by atoms with Crippen LogP contribution in [0.15, 0.2) is 4.99 Å². The Morgan fingerprint density at radius 1 is 1.91 bits per heavy atom. The maximum Gasteiger partial charge on any atom is 0.311 e. The number of carbonyl (C=O) groups excluding carboxylic acids is 1. The smallest absolute Gasteiger partial charge is 0.285 e. The van der Waals surface area contributed by atoms with E-state index in [1.165, 1.54) is 7.05 Å². The third-order valence-electron chi connectivity index (χ3n) is 0.997. The first-order chi connectivity index (χ1) is 5.20. The molecule has 0 aromatic carbocycles. The Morgan fingerprint density at radius 2 is 2.64 bits per heavy atom. The van der Waals surface area contributed by atoms with Gasteiger partial charge in [0.2, 0.25) is 0 Å². The topological polar surface area (TPSA) is 52.9 Å². The van der Waals surface area contributed by atoms with E-state index in [0.717, 1.165) is 28.4 Å². The Kier molecular flexibility index (Phi) is 3.22. The third-order valence-corrected chi connectivity index (χ3v) is 3.11. The summed E-state index contributed by atoms with van der Waals surface area (Å²) >= 11 is 2.51. The fourth-order valence-electron chi connectivity index (χ4n) is 0.518. The summed E-state index contributed by atoms with van der Waals surface area (Å²) in [5.74, 6) is 0.935. The Labute approximate surface area is 73.0 Å². The van der Waals surface area contributed by atoms with Gasteiger partial charge in [0, 0.05) is 24.6 Å². The van der Waals surface area contributed by atoms with Crippen molar-refractivity contribution < 1.29 is 10.0 Å². The van der Waals surface area contributed by atoms with Crippen LogP contribution in [0.3, 0.4) is 0 Å². The highest BCUT2D eigenvalue weighted by Gasteiger charge is 2.14. The summed E-state index contributed by atoms with van der Waals surface area (Å²) in [7, 11) is 1.30. The molecule has 1 rings (SSSR count). The van der Waals surface area contributed by atoms with Crippen LogP contribution in [0.5, 0.6) is 0 Å². The first-order valence-corrected chi connectivity index (χ1v) is 4.82. The number of nitrogens with zero attached hydrogens (tertiary/aromatic N) is 2. The van der Waals surface area contributed by atoms with Gasteiger partial charge >= 0.3 is 5.24 Å². The number of hydrogen-bond donors (Lipinski definition) is 1. The van der Waals surface area contributed by atoms with E-state index >= 15 is 0 Å². The van der Waals surface area contributed by atoms with Gasteiger partial charge in [-0.15, -0.1) is 0 Å². The van der Waals surface area contributed by atoms with Crippen LogP contribution in [0.1, 0.15) is 0 Å². The lowest BCUT2D eigenvalue weighted by atomic mass is 10.8. The molecule has 0 spiro atoms. The van der Waals surface area contributed by atoms with Crippen molar-refractivity contribution in [3.63, 3.8) is 0 Å². The Morgan fingerprint density at radius 3 is 3.09 bits per heavy atom. The number of rotatable bonds is 0. The van der Waals surface area contributed by atoms with Gasteiger partial charge in [0.25, 0.3) is 0 Å². The molecular weight excluding hydrogens is 184 g/mol. The van der Waals surface area contributed by atoms with E-state index < -0.39 is 5.24 Å². The van der Waals surface area contributed by atoms with E-state index in [1.807, 2.05) is 0 Å². The Bertz CT molecular complexity index is 193. The molecule has 0 saturated carbocycles. The summed E-state index contributed by atoms with van der Waals surface area (Å²) in [6, 6.07) is 0. The minimum atomic E-state index is -0.391. The second-order valence-electron chi connectivity index (χ2n) is 1.89.